The molecule has 0 fully saturated rings. The molecule has 0 saturated carbocycles. The van der Waals surface area contributed by atoms with Crippen molar-refractivity contribution < 1.29 is 8.78 Å². The summed E-state index contributed by atoms with van der Waals surface area (Å²) in [6, 6.07) is 10.8. The molecule has 138 valence electrons. The van der Waals surface area contributed by atoms with E-state index in [0.717, 1.165) is 16.5 Å². The molecule has 26 heavy (non-hydrogen) atoms. The number of rotatable bonds is 5. The van der Waals surface area contributed by atoms with E-state index in [9.17, 15) is 8.78 Å². The summed E-state index contributed by atoms with van der Waals surface area (Å²) in [5, 5.41) is 15.5. The number of nitrogens with one attached hydrogen (secondary N) is 1. The fourth-order valence-electron chi connectivity index (χ4n) is 2.76. The van der Waals surface area contributed by atoms with Gasteiger partial charge >= 0.3 is 0 Å². The third-order valence-electron chi connectivity index (χ3n) is 3.89. The van der Waals surface area contributed by atoms with Crippen molar-refractivity contribution in [3.8, 4) is 0 Å². The highest BCUT2D eigenvalue weighted by Crippen LogP contribution is 2.32. The fourth-order valence-corrected chi connectivity index (χ4v) is 2.88. The van der Waals surface area contributed by atoms with Crippen LogP contribution in [0.15, 0.2) is 36.4 Å². The molecule has 0 aliphatic heterocycles. The maximum atomic E-state index is 13.1. The van der Waals surface area contributed by atoms with E-state index in [0.29, 0.717) is 10.8 Å². The quantitative estimate of drug-likeness (QED) is 0.653. The molecule has 0 aliphatic carbocycles. The molecule has 2 heterocycles. The van der Waals surface area contributed by atoms with Gasteiger partial charge in [0.1, 0.15) is 5.82 Å². The molecule has 0 spiro atoms. The Morgan fingerprint density at radius 3 is 2.38 bits per heavy atom. The van der Waals surface area contributed by atoms with Crippen LogP contribution in [-0.2, 0) is 0 Å². The van der Waals surface area contributed by atoms with E-state index < -0.39 is 12.2 Å². The van der Waals surface area contributed by atoms with Gasteiger partial charge < -0.3 is 5.32 Å². The number of hydrogen-bond acceptors (Lipinski definition) is 4. The average Bonchev–Trinajstić information content (AvgIpc) is 2.97. The van der Waals surface area contributed by atoms with Gasteiger partial charge in [0.05, 0.1) is 6.04 Å². The number of anilines is 1. The Kier molecular flexibility index (Phi) is 5.09. The molecule has 8 heteroatoms. The minimum atomic E-state index is -2.74. The van der Waals surface area contributed by atoms with Crippen molar-refractivity contribution >= 4 is 23.1 Å². The Balaban J connectivity index is 1.94. The number of nitrogens with zero attached hydrogens (tertiary/aromatic N) is 4. The van der Waals surface area contributed by atoms with Crippen LogP contribution in [0.5, 0.6) is 0 Å². The molecular formula is C18H20ClF2N5. The first-order valence-corrected chi connectivity index (χ1v) is 8.63. The molecule has 1 atom stereocenters. The first-order chi connectivity index (χ1) is 12.2. The van der Waals surface area contributed by atoms with Gasteiger partial charge in [0.15, 0.2) is 5.65 Å². The molecule has 3 rings (SSSR count). The lowest BCUT2D eigenvalue weighted by Crippen LogP contribution is -2.19. The lowest BCUT2D eigenvalue weighted by molar-refractivity contribution is 0.137. The molecule has 0 saturated heterocycles. The van der Waals surface area contributed by atoms with Crippen LogP contribution in [0.4, 0.5) is 14.6 Å². The van der Waals surface area contributed by atoms with Gasteiger partial charge in [0.25, 0.3) is 6.43 Å². The molecule has 0 radical (unpaired) electrons. The summed E-state index contributed by atoms with van der Waals surface area (Å²) in [6.07, 6.45) is -1.92. The summed E-state index contributed by atoms with van der Waals surface area (Å²) >= 11 is 5.99. The largest absolute Gasteiger partial charge is 0.362 e. The molecule has 1 unspecified atom stereocenters. The predicted octanol–water partition coefficient (Wildman–Crippen LogP) is 5.30. The second-order valence-corrected chi connectivity index (χ2v) is 7.80. The van der Waals surface area contributed by atoms with Crippen molar-refractivity contribution in [1.82, 2.24) is 19.8 Å². The van der Waals surface area contributed by atoms with Gasteiger partial charge in [0, 0.05) is 5.02 Å². The number of alkyl halides is 2. The third-order valence-corrected chi connectivity index (χ3v) is 4.15. The molecule has 0 bridgehead atoms. The van der Waals surface area contributed by atoms with Gasteiger partial charge in [-0.05, 0) is 41.7 Å². The van der Waals surface area contributed by atoms with E-state index in [1.54, 1.807) is 12.1 Å². The summed E-state index contributed by atoms with van der Waals surface area (Å²) in [5.74, 6) is 0.00548. The minimum absolute atomic E-state index is 0.0477. The molecule has 3 aromatic rings. The topological polar surface area (TPSA) is 55.1 Å². The van der Waals surface area contributed by atoms with E-state index >= 15 is 0 Å². The number of aromatic nitrogens is 4. The van der Waals surface area contributed by atoms with Crippen LogP contribution in [0.25, 0.3) is 5.65 Å². The van der Waals surface area contributed by atoms with E-state index in [4.69, 9.17) is 11.6 Å². The fraction of sp³-hybridized carbons (Fsp3) is 0.389. The Bertz CT molecular complexity index is 887. The van der Waals surface area contributed by atoms with Crippen molar-refractivity contribution in [3.05, 3.63) is 52.8 Å². The molecule has 2 aromatic heterocycles. The lowest BCUT2D eigenvalue weighted by Gasteiger charge is -2.27. The summed E-state index contributed by atoms with van der Waals surface area (Å²) in [6.45, 7) is 6.43. The number of hydrogen-bond donors (Lipinski definition) is 1. The molecule has 1 N–H and O–H groups in total. The van der Waals surface area contributed by atoms with Gasteiger partial charge in [-0.2, -0.15) is 4.52 Å². The lowest BCUT2D eigenvalue weighted by atomic mass is 9.85. The van der Waals surface area contributed by atoms with Crippen LogP contribution in [0.1, 0.15) is 51.0 Å². The van der Waals surface area contributed by atoms with Crippen molar-refractivity contribution in [2.24, 2.45) is 5.41 Å². The standard InChI is InChI=1S/C18H20ClF2N5/c1-18(2,3)10-13(11-4-6-12(19)7-5-11)22-14-8-9-15-23-24-17(16(20)21)26(15)25-14/h4-9,13,16H,10H2,1-3H3,(H,22,25). The Morgan fingerprint density at radius 1 is 1.08 bits per heavy atom. The van der Waals surface area contributed by atoms with Crippen LogP contribution >= 0.6 is 11.6 Å². The zero-order valence-corrected chi connectivity index (χ0v) is 15.5. The molecule has 1 aromatic carbocycles. The minimum Gasteiger partial charge on any atom is -0.362 e. The molecule has 0 amide bonds. The summed E-state index contributed by atoms with van der Waals surface area (Å²) < 4.78 is 27.2. The molecule has 5 nitrogen and oxygen atoms in total. The number of halogens is 3. The van der Waals surface area contributed by atoms with Gasteiger partial charge in [0.2, 0.25) is 5.82 Å². The monoisotopic (exact) mass is 379 g/mol. The molecular weight excluding hydrogens is 360 g/mol. The maximum absolute atomic E-state index is 13.1. The molecule has 0 aliphatic rings. The Hall–Kier alpha value is -2.28. The zero-order chi connectivity index (χ0) is 18.9. The summed E-state index contributed by atoms with van der Waals surface area (Å²) in [5.41, 5.74) is 1.38. The predicted molar refractivity (Wildman–Crippen MR) is 97.6 cm³/mol. The van der Waals surface area contributed by atoms with Crippen molar-refractivity contribution in [2.75, 3.05) is 5.32 Å². The van der Waals surface area contributed by atoms with Gasteiger partial charge in [-0.3, -0.25) is 0 Å². The van der Waals surface area contributed by atoms with Gasteiger partial charge in [-0.15, -0.1) is 15.3 Å². The van der Waals surface area contributed by atoms with Crippen LogP contribution in [0.3, 0.4) is 0 Å². The SMILES string of the molecule is CC(C)(C)CC(Nc1ccc2nnc(C(F)F)n2n1)c1ccc(Cl)cc1. The summed E-state index contributed by atoms with van der Waals surface area (Å²) in [4.78, 5) is 0. The van der Waals surface area contributed by atoms with Crippen LogP contribution in [-0.4, -0.2) is 19.8 Å². The Labute approximate surface area is 155 Å². The van der Waals surface area contributed by atoms with E-state index in [1.807, 2.05) is 24.3 Å². The highest BCUT2D eigenvalue weighted by molar-refractivity contribution is 6.30. The van der Waals surface area contributed by atoms with Gasteiger partial charge in [-0.1, -0.05) is 44.5 Å². The normalized spacial score (nSPS) is 13.3. The highest BCUT2D eigenvalue weighted by atomic mass is 35.5. The van der Waals surface area contributed by atoms with Gasteiger partial charge in [-0.25, -0.2) is 8.78 Å². The third kappa shape index (κ3) is 4.27. The van der Waals surface area contributed by atoms with Crippen LogP contribution < -0.4 is 5.32 Å². The average molecular weight is 380 g/mol. The maximum Gasteiger partial charge on any atom is 0.299 e. The zero-order valence-electron chi connectivity index (χ0n) is 14.7. The second kappa shape index (κ2) is 7.15. The second-order valence-electron chi connectivity index (χ2n) is 7.36. The highest BCUT2D eigenvalue weighted by Gasteiger charge is 2.22. The Morgan fingerprint density at radius 2 is 1.77 bits per heavy atom. The van der Waals surface area contributed by atoms with Crippen LogP contribution in [0.2, 0.25) is 5.02 Å². The van der Waals surface area contributed by atoms with Crippen molar-refractivity contribution in [3.63, 3.8) is 0 Å². The van der Waals surface area contributed by atoms with Crippen LogP contribution in [0, 0.1) is 5.41 Å². The van der Waals surface area contributed by atoms with Crippen molar-refractivity contribution in [1.29, 1.82) is 0 Å². The van der Waals surface area contributed by atoms with E-state index in [1.165, 1.54) is 0 Å². The smallest absolute Gasteiger partial charge is 0.299 e. The van der Waals surface area contributed by atoms with E-state index in [2.05, 4.69) is 41.4 Å². The van der Waals surface area contributed by atoms with E-state index in [-0.39, 0.29) is 17.1 Å². The first-order valence-electron chi connectivity index (χ1n) is 8.25. The first kappa shape index (κ1) is 18.5. The number of benzene rings is 1. The van der Waals surface area contributed by atoms with Crippen molar-refractivity contribution in [2.45, 2.75) is 39.7 Å². The summed E-state index contributed by atoms with van der Waals surface area (Å²) in [7, 11) is 0. The number of fused-ring (bicyclic) bond motifs is 1.